The van der Waals surface area contributed by atoms with Crippen molar-refractivity contribution in [1.82, 2.24) is 18.7 Å². The largest absolute Gasteiger partial charge is 0.468 e. The predicted octanol–water partition coefficient (Wildman–Crippen LogP) is 0.220. The van der Waals surface area contributed by atoms with E-state index in [0.717, 1.165) is 4.57 Å². The summed E-state index contributed by atoms with van der Waals surface area (Å²) in [7, 11) is 2.71. The number of methoxy groups -OCH3 is 1. The topological polar surface area (TPSA) is 91.4 Å². The second-order valence-corrected chi connectivity index (χ2v) is 6.42. The molecule has 0 spiro atoms. The molecule has 0 bridgehead atoms. The fraction of sp³-hybridized carbons (Fsp3) is 0.294. The SMILES string of the molecule is COC(=O)Cn1c(=O)c2c(nc3n2CCN3C2=C=C=C(Cl)C=C2)n(C)c1=O. The summed E-state index contributed by atoms with van der Waals surface area (Å²) in [4.78, 5) is 43.3. The van der Waals surface area contributed by atoms with Crippen molar-refractivity contribution in [3.8, 4) is 0 Å². The second kappa shape index (κ2) is 6.17. The molecule has 4 rings (SSSR count). The number of imidazole rings is 1. The van der Waals surface area contributed by atoms with Gasteiger partial charge in [0.05, 0.1) is 17.8 Å². The maximum absolute atomic E-state index is 12.9. The van der Waals surface area contributed by atoms with Gasteiger partial charge in [-0.2, -0.15) is 4.98 Å². The van der Waals surface area contributed by atoms with Gasteiger partial charge in [0, 0.05) is 20.1 Å². The molecule has 0 N–H and O–H groups in total. The Morgan fingerprint density at radius 1 is 1.30 bits per heavy atom. The molecule has 0 fully saturated rings. The van der Waals surface area contributed by atoms with Crippen molar-refractivity contribution < 1.29 is 9.53 Å². The number of aromatic nitrogens is 4. The van der Waals surface area contributed by atoms with E-state index in [1.807, 2.05) is 4.90 Å². The second-order valence-electron chi connectivity index (χ2n) is 6.01. The fourth-order valence-electron chi connectivity index (χ4n) is 3.16. The van der Waals surface area contributed by atoms with Crippen LogP contribution < -0.4 is 16.1 Å². The number of halogens is 1. The maximum atomic E-state index is 12.9. The van der Waals surface area contributed by atoms with Crippen LogP contribution in [0.3, 0.4) is 0 Å². The predicted molar refractivity (Wildman–Crippen MR) is 97.6 cm³/mol. The fourth-order valence-corrected chi connectivity index (χ4v) is 3.27. The number of fused-ring (bicyclic) bond motifs is 3. The molecule has 0 atom stereocenters. The number of ether oxygens (including phenoxy) is 1. The molecule has 0 saturated carbocycles. The average Bonchev–Trinajstić information content (AvgIpc) is 3.23. The Balaban J connectivity index is 1.94. The quantitative estimate of drug-likeness (QED) is 0.552. The Morgan fingerprint density at radius 3 is 2.74 bits per heavy atom. The molecule has 1 aliphatic carbocycles. The van der Waals surface area contributed by atoms with Gasteiger partial charge in [-0.3, -0.25) is 14.2 Å². The summed E-state index contributed by atoms with van der Waals surface area (Å²) in [5, 5.41) is 0.444. The molecule has 9 nitrogen and oxygen atoms in total. The van der Waals surface area contributed by atoms with Gasteiger partial charge in [0.15, 0.2) is 11.2 Å². The Hall–Kier alpha value is -3.25. The van der Waals surface area contributed by atoms with Crippen molar-refractivity contribution >= 4 is 34.7 Å². The van der Waals surface area contributed by atoms with Gasteiger partial charge in [-0.05, 0) is 23.6 Å². The Morgan fingerprint density at radius 2 is 2.07 bits per heavy atom. The number of nitrogens with zero attached hydrogens (tertiary/aromatic N) is 5. The van der Waals surface area contributed by atoms with Gasteiger partial charge >= 0.3 is 11.7 Å². The van der Waals surface area contributed by atoms with Crippen molar-refractivity contribution in [2.24, 2.45) is 7.05 Å². The zero-order valence-corrected chi connectivity index (χ0v) is 15.3. The van der Waals surface area contributed by atoms with Gasteiger partial charge in [-0.1, -0.05) is 11.6 Å². The molecule has 27 heavy (non-hydrogen) atoms. The van der Waals surface area contributed by atoms with Crippen molar-refractivity contribution in [2.75, 3.05) is 18.6 Å². The zero-order chi connectivity index (χ0) is 19.3. The number of esters is 1. The van der Waals surface area contributed by atoms with Crippen molar-refractivity contribution in [1.29, 1.82) is 0 Å². The zero-order valence-electron chi connectivity index (χ0n) is 14.5. The van der Waals surface area contributed by atoms with E-state index in [-0.39, 0.29) is 11.2 Å². The third kappa shape index (κ3) is 2.57. The highest BCUT2D eigenvalue weighted by atomic mass is 35.5. The number of aryl methyl sites for hydroxylation is 1. The molecule has 0 saturated heterocycles. The van der Waals surface area contributed by atoms with Crippen molar-refractivity contribution in [3.63, 3.8) is 0 Å². The lowest BCUT2D eigenvalue weighted by atomic mass is 10.3. The molecule has 0 amide bonds. The van der Waals surface area contributed by atoms with Crippen LogP contribution in [0.15, 0.2) is 43.9 Å². The number of rotatable bonds is 3. The molecule has 3 heterocycles. The minimum Gasteiger partial charge on any atom is -0.468 e. The molecule has 0 aromatic carbocycles. The molecule has 138 valence electrons. The van der Waals surface area contributed by atoms with Crippen LogP contribution in [-0.2, 0) is 29.7 Å². The third-order valence-electron chi connectivity index (χ3n) is 4.50. The van der Waals surface area contributed by atoms with E-state index in [9.17, 15) is 14.4 Å². The summed E-state index contributed by atoms with van der Waals surface area (Å²) in [5.41, 5.74) is 5.76. The van der Waals surface area contributed by atoms with Gasteiger partial charge < -0.3 is 14.2 Å². The van der Waals surface area contributed by atoms with Crippen molar-refractivity contribution in [3.05, 3.63) is 55.2 Å². The molecule has 0 radical (unpaired) electrons. The molecule has 2 aromatic heterocycles. The van der Waals surface area contributed by atoms with Crippen LogP contribution in [0.5, 0.6) is 0 Å². The molecular formula is C17H14ClN5O4. The van der Waals surface area contributed by atoms with Crippen LogP contribution in [-0.4, -0.2) is 38.3 Å². The monoisotopic (exact) mass is 387 g/mol. The number of carbonyl (C=O) groups is 1. The van der Waals surface area contributed by atoms with Crippen LogP contribution in [0, 0.1) is 0 Å². The number of allylic oxidation sites excluding steroid dienone is 3. The molecular weight excluding hydrogens is 374 g/mol. The van der Waals surface area contributed by atoms with Gasteiger partial charge in [0.2, 0.25) is 5.95 Å². The van der Waals surface area contributed by atoms with Gasteiger partial charge in [-0.15, -0.1) is 0 Å². The lowest BCUT2D eigenvalue weighted by molar-refractivity contribution is -0.141. The van der Waals surface area contributed by atoms with E-state index in [1.165, 1.54) is 18.7 Å². The summed E-state index contributed by atoms with van der Waals surface area (Å²) < 4.78 is 8.41. The Kier molecular flexibility index (Phi) is 3.93. The summed E-state index contributed by atoms with van der Waals surface area (Å²) in [6, 6.07) is 0. The van der Waals surface area contributed by atoms with Gasteiger partial charge in [0.1, 0.15) is 6.54 Å². The minimum atomic E-state index is -0.678. The molecule has 2 aliphatic rings. The van der Waals surface area contributed by atoms with E-state index in [2.05, 4.69) is 21.2 Å². The van der Waals surface area contributed by atoms with Crippen LogP contribution in [0.1, 0.15) is 0 Å². The maximum Gasteiger partial charge on any atom is 0.333 e. The Labute approximate surface area is 157 Å². The van der Waals surface area contributed by atoms with E-state index in [1.54, 1.807) is 16.7 Å². The number of anilines is 1. The summed E-state index contributed by atoms with van der Waals surface area (Å²) >= 11 is 5.87. The highest BCUT2D eigenvalue weighted by Crippen LogP contribution is 2.28. The average molecular weight is 388 g/mol. The molecule has 0 unspecified atom stereocenters. The van der Waals surface area contributed by atoms with Gasteiger partial charge in [-0.25, -0.2) is 9.36 Å². The van der Waals surface area contributed by atoms with E-state index >= 15 is 0 Å². The first-order chi connectivity index (χ1) is 12.9. The lowest BCUT2D eigenvalue weighted by Crippen LogP contribution is -2.41. The van der Waals surface area contributed by atoms with Gasteiger partial charge in [0.25, 0.3) is 5.56 Å². The van der Waals surface area contributed by atoms with Crippen LogP contribution in [0.2, 0.25) is 0 Å². The highest BCUT2D eigenvalue weighted by molar-refractivity contribution is 6.31. The number of carbonyl (C=O) groups excluding carboxylic acids is 1. The molecule has 2 aromatic rings. The first-order valence-electron chi connectivity index (χ1n) is 8.06. The third-order valence-corrected chi connectivity index (χ3v) is 4.72. The first-order valence-corrected chi connectivity index (χ1v) is 8.44. The summed E-state index contributed by atoms with van der Waals surface area (Å²) in [6.45, 7) is 0.611. The van der Waals surface area contributed by atoms with Crippen LogP contribution >= 0.6 is 11.6 Å². The molecule has 10 heteroatoms. The number of hydrogen-bond donors (Lipinski definition) is 0. The standard InChI is InChI=1S/C17H14ClN5O4/c1-20-14-13(15(25)23(17(20)26)9-12(24)27-2)22-8-7-21(16(22)19-14)11-5-3-10(18)4-6-11/h3,5H,7-9H2,1-2H3. The minimum absolute atomic E-state index is 0.253. The van der Waals surface area contributed by atoms with E-state index < -0.39 is 23.8 Å². The van der Waals surface area contributed by atoms with E-state index in [0.29, 0.717) is 29.8 Å². The lowest BCUT2D eigenvalue weighted by Gasteiger charge is -2.15. The highest BCUT2D eigenvalue weighted by Gasteiger charge is 2.29. The van der Waals surface area contributed by atoms with E-state index in [4.69, 9.17) is 11.6 Å². The Bertz CT molecular complexity index is 1250. The summed E-state index contributed by atoms with van der Waals surface area (Å²) in [6.07, 6.45) is 3.47. The number of hydrogen-bond acceptors (Lipinski definition) is 6. The normalized spacial score (nSPS) is 15.1. The summed E-state index contributed by atoms with van der Waals surface area (Å²) in [5.74, 6) is -0.164. The van der Waals surface area contributed by atoms with Crippen LogP contribution in [0.25, 0.3) is 11.2 Å². The van der Waals surface area contributed by atoms with Crippen LogP contribution in [0.4, 0.5) is 5.95 Å². The van der Waals surface area contributed by atoms with Crippen molar-refractivity contribution in [2.45, 2.75) is 13.1 Å². The smallest absolute Gasteiger partial charge is 0.333 e. The molecule has 1 aliphatic heterocycles. The first kappa shape index (κ1) is 17.2.